The van der Waals surface area contributed by atoms with Crippen molar-refractivity contribution in [2.24, 2.45) is 0 Å². The minimum atomic E-state index is -4.23. The number of benzene rings is 2. The minimum Gasteiger partial charge on any atom is -0.463 e. The van der Waals surface area contributed by atoms with Gasteiger partial charge in [-0.1, -0.05) is 35.4 Å². The minimum absolute atomic E-state index is 0.0443. The maximum atomic E-state index is 14.4. The molecule has 1 N–H and O–H groups in total. The third-order valence-corrected chi connectivity index (χ3v) is 8.41. The van der Waals surface area contributed by atoms with Gasteiger partial charge in [-0.05, 0) is 63.8 Å². The summed E-state index contributed by atoms with van der Waals surface area (Å²) >= 11 is 0. The predicted molar refractivity (Wildman–Crippen MR) is 136 cm³/mol. The Morgan fingerprint density at radius 2 is 1.17 bits per heavy atom. The fourth-order valence-electron chi connectivity index (χ4n) is 4.39. The van der Waals surface area contributed by atoms with Gasteiger partial charge >= 0.3 is 5.97 Å². The number of hydrogen-bond donors (Lipinski definition) is 1. The van der Waals surface area contributed by atoms with E-state index in [0.717, 1.165) is 11.1 Å². The summed E-state index contributed by atoms with van der Waals surface area (Å²) in [5, 5.41) is 8.72. The number of carbonyl (C=O) groups excluding carboxylic acids is 3. The van der Waals surface area contributed by atoms with E-state index in [1.54, 1.807) is 27.7 Å². The molecule has 2 rings (SSSR count). The molecule has 0 unspecified atom stereocenters. The van der Waals surface area contributed by atoms with Crippen molar-refractivity contribution in [1.29, 1.82) is 0 Å². The molecule has 2 aromatic rings. The first-order valence-corrected chi connectivity index (χ1v) is 13.5. The maximum absolute atomic E-state index is 14.4. The fourth-order valence-corrected chi connectivity index (χ4v) is 6.91. The summed E-state index contributed by atoms with van der Waals surface area (Å²) in [7, 11) is -4.23. The number of aliphatic hydroxyl groups is 1. The van der Waals surface area contributed by atoms with E-state index in [4.69, 9.17) is 14.6 Å². The molecule has 0 saturated heterocycles. The lowest BCUT2D eigenvalue weighted by atomic mass is 10.0. The lowest BCUT2D eigenvalue weighted by molar-refractivity contribution is -0.144. The summed E-state index contributed by atoms with van der Waals surface area (Å²) in [5.74, 6) is -0.673. The molecule has 0 aliphatic carbocycles. The highest BCUT2D eigenvalue weighted by molar-refractivity contribution is 7.95. The molecule has 0 atom stereocenters. The van der Waals surface area contributed by atoms with Crippen LogP contribution in [0.25, 0.3) is 0 Å². The van der Waals surface area contributed by atoms with Crippen molar-refractivity contribution in [3.8, 4) is 0 Å². The second-order valence-electron chi connectivity index (χ2n) is 8.93. The Kier molecular flexibility index (Phi) is 10.1. The van der Waals surface area contributed by atoms with Crippen LogP contribution < -0.4 is 0 Å². The fraction of sp³-hybridized carbons (Fsp3) is 0.444. The van der Waals surface area contributed by atoms with Crippen LogP contribution in [0.4, 0.5) is 0 Å². The summed E-state index contributed by atoms with van der Waals surface area (Å²) in [6.45, 7) is 10.9. The van der Waals surface area contributed by atoms with Crippen molar-refractivity contribution < 1.29 is 33.5 Å². The van der Waals surface area contributed by atoms with Gasteiger partial charge in [0, 0.05) is 17.3 Å². The molecule has 190 valence electrons. The average Bonchev–Trinajstić information content (AvgIpc) is 2.75. The first-order valence-electron chi connectivity index (χ1n) is 11.6. The van der Waals surface area contributed by atoms with E-state index in [1.807, 2.05) is 38.1 Å². The van der Waals surface area contributed by atoms with Crippen LogP contribution in [0.15, 0.2) is 24.3 Å². The van der Waals surface area contributed by atoms with E-state index in [0.29, 0.717) is 22.3 Å². The van der Waals surface area contributed by atoms with Crippen LogP contribution in [-0.2, 0) is 18.8 Å². The van der Waals surface area contributed by atoms with Gasteiger partial charge in [-0.25, -0.2) is 0 Å². The summed E-state index contributed by atoms with van der Waals surface area (Å²) in [5.41, 5.74) is 3.55. The number of rotatable bonds is 12. The normalized spacial score (nSPS) is 11.4. The van der Waals surface area contributed by atoms with Gasteiger partial charge in [0.1, 0.15) is 6.61 Å². The molecule has 0 fully saturated rings. The van der Waals surface area contributed by atoms with E-state index < -0.39 is 30.3 Å². The molecule has 0 bridgehead atoms. The molecule has 7 nitrogen and oxygen atoms in total. The zero-order valence-electron chi connectivity index (χ0n) is 21.4. The molecule has 0 spiro atoms. The quantitative estimate of drug-likeness (QED) is 0.252. The van der Waals surface area contributed by atoms with Crippen molar-refractivity contribution >= 4 is 24.2 Å². The van der Waals surface area contributed by atoms with E-state index in [1.165, 1.54) is 0 Å². The van der Waals surface area contributed by atoms with Gasteiger partial charge in [0.2, 0.25) is 18.2 Å². The molecule has 0 aliphatic heterocycles. The SMILES string of the molecule is Cc1cc(C)c(C(=O)P(=O)(CCC(=O)OCCOCCO)C(=O)c2c(C)cc(C)cc2C)c(C)c1. The largest absolute Gasteiger partial charge is 0.463 e. The summed E-state index contributed by atoms with van der Waals surface area (Å²) in [6.07, 6.45) is -0.761. The zero-order chi connectivity index (χ0) is 26.3. The second-order valence-corrected chi connectivity index (χ2v) is 11.7. The zero-order valence-corrected chi connectivity index (χ0v) is 22.3. The van der Waals surface area contributed by atoms with Gasteiger partial charge in [0.25, 0.3) is 0 Å². The molecule has 0 saturated carbocycles. The number of aryl methyl sites for hydroxylation is 6. The van der Waals surface area contributed by atoms with E-state index >= 15 is 0 Å². The monoisotopic (exact) mass is 502 g/mol. The Balaban J connectivity index is 2.43. The third-order valence-electron chi connectivity index (χ3n) is 5.80. The lowest BCUT2D eigenvalue weighted by Gasteiger charge is -2.21. The molecule has 2 aromatic carbocycles. The Morgan fingerprint density at radius 1 is 0.743 bits per heavy atom. The summed E-state index contributed by atoms with van der Waals surface area (Å²) in [4.78, 5) is 39.9. The van der Waals surface area contributed by atoms with Crippen LogP contribution in [-0.4, -0.2) is 54.7 Å². The summed E-state index contributed by atoms with van der Waals surface area (Å²) in [6, 6.07) is 7.27. The van der Waals surface area contributed by atoms with Crippen molar-refractivity contribution in [2.75, 3.05) is 32.6 Å². The van der Waals surface area contributed by atoms with Crippen LogP contribution in [0, 0.1) is 41.5 Å². The number of esters is 1. The van der Waals surface area contributed by atoms with Crippen LogP contribution in [0.5, 0.6) is 0 Å². The van der Waals surface area contributed by atoms with Crippen LogP contribution in [0.3, 0.4) is 0 Å². The molecular weight excluding hydrogens is 467 g/mol. The van der Waals surface area contributed by atoms with Gasteiger partial charge in [-0.15, -0.1) is 0 Å². The topological polar surface area (TPSA) is 107 Å². The standard InChI is InChI=1S/C27H35O7P/c1-17-13-19(3)24(20(4)14-17)26(30)35(32,12-7-23(29)34-11-10-33-9-8-28)27(31)25-21(5)15-18(2)16-22(25)6/h13-16,28H,7-12H2,1-6H3. The summed E-state index contributed by atoms with van der Waals surface area (Å²) < 4.78 is 24.5. The highest BCUT2D eigenvalue weighted by atomic mass is 31.2. The van der Waals surface area contributed by atoms with Gasteiger partial charge in [-0.2, -0.15) is 0 Å². The number of aliphatic hydroxyl groups excluding tert-OH is 1. The smallest absolute Gasteiger partial charge is 0.306 e. The van der Waals surface area contributed by atoms with Crippen molar-refractivity contribution in [2.45, 2.75) is 48.0 Å². The van der Waals surface area contributed by atoms with Gasteiger partial charge in [0.15, 0.2) is 0 Å². The van der Waals surface area contributed by atoms with Gasteiger partial charge in [0.05, 0.1) is 26.2 Å². The van der Waals surface area contributed by atoms with Crippen molar-refractivity contribution in [3.05, 3.63) is 68.8 Å². The Labute approximate surface area is 207 Å². The first-order chi connectivity index (χ1) is 16.4. The first kappa shape index (κ1) is 28.6. The van der Waals surface area contributed by atoms with Crippen molar-refractivity contribution in [3.63, 3.8) is 0 Å². The van der Waals surface area contributed by atoms with E-state index in [2.05, 4.69) is 0 Å². The lowest BCUT2D eigenvalue weighted by Crippen LogP contribution is -2.20. The molecule has 0 radical (unpaired) electrons. The number of carbonyl (C=O) groups is 3. The second kappa shape index (κ2) is 12.4. The molecule has 0 heterocycles. The number of hydrogen-bond acceptors (Lipinski definition) is 7. The van der Waals surface area contributed by atoms with Gasteiger partial charge in [-0.3, -0.25) is 14.4 Å². The average molecular weight is 503 g/mol. The molecular formula is C27H35O7P. The third kappa shape index (κ3) is 6.97. The van der Waals surface area contributed by atoms with Crippen LogP contribution >= 0.6 is 7.14 Å². The Bertz CT molecular complexity index is 1050. The maximum Gasteiger partial charge on any atom is 0.306 e. The highest BCUT2D eigenvalue weighted by Crippen LogP contribution is 2.54. The van der Waals surface area contributed by atoms with Gasteiger partial charge < -0.3 is 19.1 Å². The number of ether oxygens (including phenoxy) is 2. The predicted octanol–water partition coefficient (Wildman–Crippen LogP) is 4.82. The molecule has 0 amide bonds. The molecule has 8 heteroatoms. The van der Waals surface area contributed by atoms with Crippen molar-refractivity contribution in [1.82, 2.24) is 0 Å². The molecule has 0 aromatic heterocycles. The molecule has 35 heavy (non-hydrogen) atoms. The molecule has 0 aliphatic rings. The van der Waals surface area contributed by atoms with E-state index in [9.17, 15) is 18.9 Å². The van der Waals surface area contributed by atoms with Crippen LogP contribution in [0.2, 0.25) is 0 Å². The van der Waals surface area contributed by atoms with E-state index in [-0.39, 0.29) is 44.0 Å². The Hall–Kier alpha value is -2.60. The Morgan fingerprint density at radius 3 is 1.57 bits per heavy atom. The van der Waals surface area contributed by atoms with Crippen LogP contribution in [0.1, 0.15) is 60.5 Å². The highest BCUT2D eigenvalue weighted by Gasteiger charge is 2.43.